The molecule has 3 heterocycles. The van der Waals surface area contributed by atoms with Crippen LogP contribution in [0.3, 0.4) is 0 Å². The Morgan fingerprint density at radius 2 is 1.56 bits per heavy atom. The molecule has 0 saturated carbocycles. The van der Waals surface area contributed by atoms with Crippen LogP contribution in [0.4, 0.5) is 0 Å². The van der Waals surface area contributed by atoms with Crippen LogP contribution in [0.15, 0.2) is 144 Å². The lowest BCUT2D eigenvalue weighted by Crippen LogP contribution is -2.40. The van der Waals surface area contributed by atoms with Gasteiger partial charge in [-0.3, -0.25) is 14.5 Å². The van der Waals surface area contributed by atoms with Crippen LogP contribution in [0, 0.1) is 5.92 Å². The minimum Gasteiger partial charge on any atom is -0.506 e. The number of aromatic nitrogens is 1. The van der Waals surface area contributed by atoms with E-state index in [1.54, 1.807) is 59.5 Å². The van der Waals surface area contributed by atoms with E-state index in [9.17, 15) is 29.7 Å². The summed E-state index contributed by atoms with van der Waals surface area (Å²) >= 11 is 0. The molecule has 1 amide bonds. The first-order valence-electron chi connectivity index (χ1n) is 20.8. The van der Waals surface area contributed by atoms with Gasteiger partial charge in [0.05, 0.1) is 18.2 Å². The number of fused-ring (bicyclic) bond motifs is 1. The maximum atomic E-state index is 14.0. The third kappa shape index (κ3) is 9.35. The molecule has 1 saturated heterocycles. The van der Waals surface area contributed by atoms with Crippen LogP contribution in [0.5, 0.6) is 5.75 Å². The van der Waals surface area contributed by atoms with Crippen molar-refractivity contribution in [2.75, 3.05) is 39.3 Å². The van der Waals surface area contributed by atoms with Crippen LogP contribution in [-0.4, -0.2) is 81.3 Å². The number of benzene rings is 5. The van der Waals surface area contributed by atoms with Crippen molar-refractivity contribution in [1.29, 1.82) is 0 Å². The second-order valence-corrected chi connectivity index (χ2v) is 16.0. The van der Waals surface area contributed by atoms with Gasteiger partial charge in [-0.15, -0.1) is 0 Å². The van der Waals surface area contributed by atoms with Crippen LogP contribution in [-0.2, 0) is 28.2 Å². The molecule has 5 N–H and O–H groups in total. The van der Waals surface area contributed by atoms with Gasteiger partial charge in [0, 0.05) is 55.3 Å². The molecular weight excluding hydrogens is 769 g/mol. The van der Waals surface area contributed by atoms with Crippen molar-refractivity contribution in [2.45, 2.75) is 37.6 Å². The number of aromatic hydroxyl groups is 1. The summed E-state index contributed by atoms with van der Waals surface area (Å²) in [5, 5.41) is 37.2. The molecule has 2 unspecified atom stereocenters. The van der Waals surface area contributed by atoms with E-state index in [2.05, 4.69) is 39.5 Å². The summed E-state index contributed by atoms with van der Waals surface area (Å²) in [7, 11) is 0. The van der Waals surface area contributed by atoms with E-state index in [1.807, 2.05) is 48.5 Å². The first kappa shape index (κ1) is 41.4. The van der Waals surface area contributed by atoms with E-state index in [0.29, 0.717) is 47.3 Å². The minimum atomic E-state index is -2.03. The number of aliphatic hydroxyl groups is 2. The van der Waals surface area contributed by atoms with Crippen LogP contribution < -0.4 is 10.9 Å². The number of H-pyrrole nitrogens is 1. The summed E-state index contributed by atoms with van der Waals surface area (Å²) in [5.74, 6) is -0.691. The van der Waals surface area contributed by atoms with Crippen LogP contribution in [0.2, 0.25) is 0 Å². The molecule has 312 valence electrons. The number of phenolic OH excluding ortho intramolecular Hbond substituents is 1. The lowest BCUT2D eigenvalue weighted by Gasteiger charge is -2.33. The van der Waals surface area contributed by atoms with E-state index >= 15 is 0 Å². The fourth-order valence-corrected chi connectivity index (χ4v) is 8.36. The zero-order valence-corrected chi connectivity index (χ0v) is 33.9. The Balaban J connectivity index is 0.867. The summed E-state index contributed by atoms with van der Waals surface area (Å²) in [6.07, 6.45) is 2.92. The summed E-state index contributed by atoms with van der Waals surface area (Å²) < 4.78 is 5.94. The molecule has 11 nitrogen and oxygen atoms in total. The van der Waals surface area contributed by atoms with E-state index in [-0.39, 0.29) is 41.8 Å². The van der Waals surface area contributed by atoms with E-state index in [1.165, 1.54) is 17.7 Å². The van der Waals surface area contributed by atoms with Gasteiger partial charge >= 0.3 is 5.97 Å². The Kier molecular flexibility index (Phi) is 12.5. The second kappa shape index (κ2) is 18.5. The molecule has 2 aliphatic rings. The number of ether oxygens (including phenoxy) is 1. The number of aliphatic hydroxyl groups excluding tert-OH is 1. The predicted molar refractivity (Wildman–Crippen MR) is 235 cm³/mol. The zero-order chi connectivity index (χ0) is 42.3. The van der Waals surface area contributed by atoms with Gasteiger partial charge in [-0.05, 0) is 95.6 Å². The van der Waals surface area contributed by atoms with Crippen molar-refractivity contribution in [1.82, 2.24) is 20.1 Å². The number of rotatable bonds is 14. The molecule has 0 aliphatic carbocycles. The normalized spacial score (nSPS) is 16.2. The number of carbonyl (C=O) groups excluding carboxylic acids is 2. The molecule has 0 spiro atoms. The first-order valence-corrected chi connectivity index (χ1v) is 20.8. The predicted octanol–water partition coefficient (Wildman–Crippen LogP) is 6.29. The number of amides is 1. The topological polar surface area (TPSA) is 155 Å². The van der Waals surface area contributed by atoms with E-state index in [0.717, 1.165) is 49.2 Å². The summed E-state index contributed by atoms with van der Waals surface area (Å²) in [4.78, 5) is 46.2. The number of phenols is 1. The van der Waals surface area contributed by atoms with Crippen molar-refractivity contribution in [3.05, 3.63) is 189 Å². The molecule has 1 aromatic heterocycles. The lowest BCUT2D eigenvalue weighted by molar-refractivity contribution is -0.164. The summed E-state index contributed by atoms with van der Waals surface area (Å²) in [6, 6.07) is 40.0. The maximum Gasteiger partial charge on any atom is 0.347 e. The Bertz CT molecular complexity index is 2570. The fourth-order valence-electron chi connectivity index (χ4n) is 8.36. The lowest BCUT2D eigenvalue weighted by atomic mass is 9.85. The van der Waals surface area contributed by atoms with Gasteiger partial charge in [0.15, 0.2) is 0 Å². The number of aromatic amines is 1. The Morgan fingerprint density at radius 1 is 0.836 bits per heavy atom. The molecule has 1 fully saturated rings. The zero-order valence-electron chi connectivity index (χ0n) is 33.9. The van der Waals surface area contributed by atoms with Gasteiger partial charge in [-0.1, -0.05) is 103 Å². The molecule has 61 heavy (non-hydrogen) atoms. The highest BCUT2D eigenvalue weighted by molar-refractivity contribution is 5.96. The number of hydrogen-bond donors (Lipinski definition) is 5. The number of likely N-dealkylation sites (tertiary alicyclic amines) is 1. The largest absolute Gasteiger partial charge is 0.506 e. The number of nitrogens with one attached hydrogen (secondary N) is 2. The van der Waals surface area contributed by atoms with Crippen molar-refractivity contribution in [3.8, 4) is 5.75 Å². The maximum absolute atomic E-state index is 14.0. The number of nitrogens with zero attached hydrogens (tertiary/aromatic N) is 2. The first-order chi connectivity index (χ1) is 29.7. The third-order valence-electron chi connectivity index (χ3n) is 11.9. The van der Waals surface area contributed by atoms with Gasteiger partial charge in [0.1, 0.15) is 5.75 Å². The number of hydrogen-bond acceptors (Lipinski definition) is 9. The summed E-state index contributed by atoms with van der Waals surface area (Å²) in [5.41, 5.74) is 3.77. The Morgan fingerprint density at radius 3 is 2.31 bits per heavy atom. The van der Waals surface area contributed by atoms with Gasteiger partial charge in [-0.2, -0.15) is 0 Å². The monoisotopic (exact) mass is 818 g/mol. The average Bonchev–Trinajstić information content (AvgIpc) is 3.80. The summed E-state index contributed by atoms with van der Waals surface area (Å²) in [6.45, 7) is 4.41. The van der Waals surface area contributed by atoms with Crippen LogP contribution in [0.1, 0.15) is 62.7 Å². The Hall–Kier alpha value is -6.37. The quantitative estimate of drug-likeness (QED) is 0.0799. The molecule has 5 aromatic carbocycles. The molecular formula is C50H50N4O7. The van der Waals surface area contributed by atoms with E-state index in [4.69, 9.17) is 4.74 Å². The van der Waals surface area contributed by atoms with Gasteiger partial charge < -0.3 is 35.3 Å². The molecule has 2 atom stereocenters. The fraction of sp³-hybridized carbons (Fsp3) is 0.260. The van der Waals surface area contributed by atoms with Gasteiger partial charge in [-0.25, -0.2) is 4.79 Å². The SMILES string of the molecule is O=C(c1ccc(CNCC(O)c2ccc(O)c3[nH]c(=O)ccc23)cc1)N1CC=C(c2cccc(C(O)(C(=O)OCC3CCN(Cc4ccccc4)CC3)c3ccccc3)c2)C1. The van der Waals surface area contributed by atoms with Crippen molar-refractivity contribution in [3.63, 3.8) is 0 Å². The number of piperidine rings is 1. The molecule has 2 aliphatic heterocycles. The highest BCUT2D eigenvalue weighted by Crippen LogP contribution is 2.35. The third-order valence-corrected chi connectivity index (χ3v) is 11.9. The number of esters is 1. The second-order valence-electron chi connectivity index (χ2n) is 16.0. The number of pyridine rings is 1. The van der Waals surface area contributed by atoms with Crippen molar-refractivity contribution < 1.29 is 29.6 Å². The van der Waals surface area contributed by atoms with E-state index < -0.39 is 17.7 Å². The molecule has 11 heteroatoms. The Labute approximate surface area is 354 Å². The van der Waals surface area contributed by atoms with Crippen molar-refractivity contribution >= 4 is 28.4 Å². The highest BCUT2D eigenvalue weighted by Gasteiger charge is 2.42. The van der Waals surface area contributed by atoms with Gasteiger partial charge in [0.25, 0.3) is 5.91 Å². The van der Waals surface area contributed by atoms with Gasteiger partial charge in [0.2, 0.25) is 11.2 Å². The van der Waals surface area contributed by atoms with Crippen molar-refractivity contribution in [2.24, 2.45) is 5.92 Å². The standard InChI is InChI=1S/C50H50N4O7/c55-44-20-18-42(43-19-21-46(57)52-47(43)44)45(56)30-51-29-34-14-16-37(17-15-34)48(58)54-27-24-39(32-54)38-10-7-13-41(28-38)50(60,40-11-5-2-6-12-40)49(59)61-33-36-22-25-53(26-23-36)31-35-8-3-1-4-9-35/h1-21,24,28,36,45,51,55-56,60H,22-23,25-27,29-33H2,(H,52,57). The highest BCUT2D eigenvalue weighted by atomic mass is 16.5. The molecule has 0 bridgehead atoms. The van der Waals surface area contributed by atoms with Crippen LogP contribution in [0.25, 0.3) is 16.5 Å². The smallest absolute Gasteiger partial charge is 0.347 e. The number of carbonyl (C=O) groups is 2. The van der Waals surface area contributed by atoms with Crippen LogP contribution >= 0.6 is 0 Å². The molecule has 0 radical (unpaired) electrons. The molecule has 8 rings (SSSR count). The average molecular weight is 819 g/mol. The molecule has 6 aromatic rings. The minimum absolute atomic E-state index is 0.0656.